The summed E-state index contributed by atoms with van der Waals surface area (Å²) in [5.41, 5.74) is -0.929. The lowest BCUT2D eigenvalue weighted by Crippen LogP contribution is -2.08. The van der Waals surface area contributed by atoms with Crippen LogP contribution in [0.2, 0.25) is 0 Å². The van der Waals surface area contributed by atoms with Crippen molar-refractivity contribution in [3.05, 3.63) is 48.7 Å². The molecule has 0 saturated heterocycles. The summed E-state index contributed by atoms with van der Waals surface area (Å²) in [7, 11) is -3.48. The summed E-state index contributed by atoms with van der Waals surface area (Å²) in [5, 5.41) is 3.53. The first-order chi connectivity index (χ1) is 11.7. The molecule has 0 unspecified atom stereocenters. The first-order valence-electron chi connectivity index (χ1n) is 6.76. The van der Waals surface area contributed by atoms with Gasteiger partial charge in [-0.1, -0.05) is 0 Å². The average Bonchev–Trinajstić information content (AvgIpc) is 3.00. The Hall–Kier alpha value is -2.82. The molecule has 0 saturated carbocycles. The van der Waals surface area contributed by atoms with E-state index in [0.29, 0.717) is 0 Å². The summed E-state index contributed by atoms with van der Waals surface area (Å²) in [4.78, 5) is 11.6. The molecule has 0 aliphatic carbocycles. The van der Waals surface area contributed by atoms with Gasteiger partial charge >= 0.3 is 6.18 Å². The maximum Gasteiger partial charge on any atom is 0.435 e. The number of sulfone groups is 1. The first-order valence-corrected chi connectivity index (χ1v) is 8.65. The van der Waals surface area contributed by atoms with Crippen molar-refractivity contribution in [1.82, 2.24) is 24.7 Å². The third-order valence-electron chi connectivity index (χ3n) is 3.19. The second-order valence-electron chi connectivity index (χ2n) is 5.04. The fourth-order valence-corrected chi connectivity index (χ4v) is 2.58. The molecular weight excluding hydrogens is 359 g/mol. The van der Waals surface area contributed by atoms with Crippen LogP contribution in [-0.4, -0.2) is 39.4 Å². The van der Waals surface area contributed by atoms with Gasteiger partial charge in [0.1, 0.15) is 5.69 Å². The van der Waals surface area contributed by atoms with Crippen LogP contribution < -0.4 is 0 Å². The number of aromatic nitrogens is 5. The molecule has 0 radical (unpaired) electrons. The van der Waals surface area contributed by atoms with Crippen molar-refractivity contribution in [2.45, 2.75) is 11.1 Å². The van der Waals surface area contributed by atoms with Crippen molar-refractivity contribution in [2.75, 3.05) is 6.26 Å². The molecule has 11 heteroatoms. The standard InChI is InChI=1S/C14H10F3N5O2S/c1-25(23,24)9-2-3-13(20-7-9)22-11(10-8-18-4-5-19-10)6-12(21-22)14(15,16)17/h2-8H,1H3. The molecule has 0 aliphatic rings. The number of halogens is 3. The predicted octanol–water partition coefficient (Wildman–Crippen LogP) is 2.15. The number of hydrogen-bond donors (Lipinski definition) is 0. The molecule has 130 valence electrons. The van der Waals surface area contributed by atoms with Gasteiger partial charge in [-0.25, -0.2) is 18.1 Å². The average molecular weight is 369 g/mol. The lowest BCUT2D eigenvalue weighted by atomic mass is 10.3. The van der Waals surface area contributed by atoms with Crippen LogP contribution >= 0.6 is 0 Å². The van der Waals surface area contributed by atoms with Crippen molar-refractivity contribution in [2.24, 2.45) is 0 Å². The van der Waals surface area contributed by atoms with E-state index in [9.17, 15) is 21.6 Å². The van der Waals surface area contributed by atoms with Crippen molar-refractivity contribution in [1.29, 1.82) is 0 Å². The Labute approximate surface area is 140 Å². The Kier molecular flexibility index (Phi) is 4.03. The van der Waals surface area contributed by atoms with Crippen molar-refractivity contribution < 1.29 is 21.6 Å². The first kappa shape index (κ1) is 17.0. The monoisotopic (exact) mass is 369 g/mol. The fourth-order valence-electron chi connectivity index (χ4n) is 2.03. The zero-order valence-corrected chi connectivity index (χ0v) is 13.5. The second-order valence-corrected chi connectivity index (χ2v) is 7.06. The molecule has 0 fully saturated rings. The van der Waals surface area contributed by atoms with Crippen molar-refractivity contribution >= 4 is 9.84 Å². The normalized spacial score (nSPS) is 12.3. The minimum atomic E-state index is -4.66. The highest BCUT2D eigenvalue weighted by molar-refractivity contribution is 7.90. The Morgan fingerprint density at radius 2 is 1.84 bits per heavy atom. The molecule has 0 aromatic carbocycles. The summed E-state index contributed by atoms with van der Waals surface area (Å²) < 4.78 is 63.0. The van der Waals surface area contributed by atoms with E-state index in [2.05, 4.69) is 20.1 Å². The quantitative estimate of drug-likeness (QED) is 0.703. The zero-order valence-electron chi connectivity index (χ0n) is 12.6. The zero-order chi connectivity index (χ0) is 18.2. The Balaban J connectivity index is 2.16. The minimum absolute atomic E-state index is 0.0172. The third-order valence-corrected chi connectivity index (χ3v) is 4.29. The van der Waals surface area contributed by atoms with E-state index in [1.165, 1.54) is 30.7 Å². The summed E-state index contributed by atoms with van der Waals surface area (Å²) in [5.74, 6) is 0.0172. The number of hydrogen-bond acceptors (Lipinski definition) is 6. The summed E-state index contributed by atoms with van der Waals surface area (Å²) in [6.45, 7) is 0. The van der Waals surface area contributed by atoms with Gasteiger partial charge in [0, 0.05) is 24.8 Å². The number of rotatable bonds is 3. The van der Waals surface area contributed by atoms with Crippen molar-refractivity contribution in [3.8, 4) is 17.2 Å². The molecule has 7 nitrogen and oxygen atoms in total. The van der Waals surface area contributed by atoms with E-state index >= 15 is 0 Å². The van der Waals surface area contributed by atoms with E-state index in [-0.39, 0.29) is 22.1 Å². The Bertz CT molecular complexity index is 999. The van der Waals surface area contributed by atoms with Gasteiger partial charge in [0.05, 0.1) is 16.8 Å². The number of pyridine rings is 1. The molecule has 0 N–H and O–H groups in total. The summed E-state index contributed by atoms with van der Waals surface area (Å²) in [6, 6.07) is 3.34. The van der Waals surface area contributed by atoms with Crippen LogP contribution in [0.3, 0.4) is 0 Å². The fraction of sp³-hybridized carbons (Fsp3) is 0.143. The van der Waals surface area contributed by atoms with Crippen LogP contribution in [0.25, 0.3) is 17.2 Å². The van der Waals surface area contributed by atoms with Gasteiger partial charge in [-0.2, -0.15) is 18.3 Å². The van der Waals surface area contributed by atoms with E-state index in [1.807, 2.05) is 0 Å². The Morgan fingerprint density at radius 3 is 2.36 bits per heavy atom. The molecule has 0 spiro atoms. The van der Waals surface area contributed by atoms with E-state index in [1.54, 1.807) is 0 Å². The number of alkyl halides is 3. The lowest BCUT2D eigenvalue weighted by Gasteiger charge is -2.06. The van der Waals surface area contributed by atoms with Gasteiger partial charge in [0.2, 0.25) is 0 Å². The molecule has 0 bridgehead atoms. The highest BCUT2D eigenvalue weighted by atomic mass is 32.2. The molecular formula is C14H10F3N5O2S. The Morgan fingerprint density at radius 1 is 1.08 bits per heavy atom. The molecule has 3 aromatic rings. The van der Waals surface area contributed by atoms with Crippen LogP contribution in [0, 0.1) is 0 Å². The molecule has 0 amide bonds. The van der Waals surface area contributed by atoms with Crippen LogP contribution in [0.1, 0.15) is 5.69 Å². The van der Waals surface area contributed by atoms with Crippen molar-refractivity contribution in [3.63, 3.8) is 0 Å². The van der Waals surface area contributed by atoms with Gasteiger partial charge in [-0.15, -0.1) is 0 Å². The largest absolute Gasteiger partial charge is 0.435 e. The second kappa shape index (κ2) is 5.92. The smallest absolute Gasteiger partial charge is 0.261 e. The summed E-state index contributed by atoms with van der Waals surface area (Å²) >= 11 is 0. The van der Waals surface area contributed by atoms with E-state index in [0.717, 1.165) is 23.2 Å². The lowest BCUT2D eigenvalue weighted by molar-refractivity contribution is -0.141. The molecule has 3 aromatic heterocycles. The van der Waals surface area contributed by atoms with Crippen LogP contribution in [-0.2, 0) is 16.0 Å². The predicted molar refractivity (Wildman–Crippen MR) is 80.5 cm³/mol. The minimum Gasteiger partial charge on any atom is -0.261 e. The van der Waals surface area contributed by atoms with Gasteiger partial charge < -0.3 is 0 Å². The highest BCUT2D eigenvalue weighted by Gasteiger charge is 2.35. The van der Waals surface area contributed by atoms with Crippen LogP contribution in [0.15, 0.2) is 47.9 Å². The number of nitrogens with zero attached hydrogens (tertiary/aromatic N) is 5. The van der Waals surface area contributed by atoms with E-state index < -0.39 is 21.7 Å². The van der Waals surface area contributed by atoms with Crippen LogP contribution in [0.4, 0.5) is 13.2 Å². The summed E-state index contributed by atoms with van der Waals surface area (Å²) in [6.07, 6.45) is 1.41. The van der Waals surface area contributed by atoms with E-state index in [4.69, 9.17) is 0 Å². The third kappa shape index (κ3) is 3.50. The molecule has 0 atom stereocenters. The van der Waals surface area contributed by atoms with Gasteiger partial charge in [0.25, 0.3) is 0 Å². The van der Waals surface area contributed by atoms with Gasteiger partial charge in [-0.3, -0.25) is 9.97 Å². The van der Waals surface area contributed by atoms with Gasteiger partial charge in [0.15, 0.2) is 21.3 Å². The van der Waals surface area contributed by atoms with Gasteiger partial charge in [-0.05, 0) is 18.2 Å². The van der Waals surface area contributed by atoms with Crippen LogP contribution in [0.5, 0.6) is 0 Å². The maximum atomic E-state index is 13.0. The highest BCUT2D eigenvalue weighted by Crippen LogP contribution is 2.32. The molecule has 25 heavy (non-hydrogen) atoms. The topological polar surface area (TPSA) is 90.6 Å². The molecule has 3 heterocycles. The molecule has 3 rings (SSSR count). The SMILES string of the molecule is CS(=O)(=O)c1ccc(-n2nc(C(F)(F)F)cc2-c2cnccn2)nc1. The maximum absolute atomic E-state index is 13.0. The molecule has 0 aliphatic heterocycles.